The highest BCUT2D eigenvalue weighted by Crippen LogP contribution is 2.34. The van der Waals surface area contributed by atoms with Gasteiger partial charge in [0.25, 0.3) is 0 Å². The number of cyclic esters (lactones) is 1. The van der Waals surface area contributed by atoms with Gasteiger partial charge in [0.15, 0.2) is 5.76 Å². The molecule has 0 bridgehead atoms. The molecule has 1 heterocycles. The zero-order valence-corrected chi connectivity index (χ0v) is 9.29. The second-order valence-electron chi connectivity index (χ2n) is 1.49. The van der Waals surface area contributed by atoms with Crippen LogP contribution in [0.4, 0.5) is 0 Å². The van der Waals surface area contributed by atoms with Crippen LogP contribution in [-0.4, -0.2) is 5.97 Å². The molecule has 0 saturated heterocycles. The van der Waals surface area contributed by atoms with Gasteiger partial charge in [-0.3, -0.25) is 0 Å². The number of carbonyl (C=O) groups excluding carboxylic acids is 1. The summed E-state index contributed by atoms with van der Waals surface area (Å²) in [5.41, 5.74) is 0. The van der Waals surface area contributed by atoms with E-state index in [2.05, 4.69) is 47.8 Å². The molecule has 10 heavy (non-hydrogen) atoms. The first-order chi connectivity index (χ1) is 4.66. The molecule has 0 aromatic heterocycles. The number of esters is 1. The van der Waals surface area contributed by atoms with Crippen LogP contribution in [0.5, 0.6) is 0 Å². The Kier molecular flexibility index (Phi) is 2.71. The summed E-state index contributed by atoms with van der Waals surface area (Å²) in [6, 6.07) is 0. The van der Waals surface area contributed by atoms with Crippen molar-refractivity contribution < 1.29 is 9.53 Å². The average molecular weight is 333 g/mol. The minimum absolute atomic E-state index is 0.377. The fraction of sp³-hybridized carbons (Fsp3) is 0. The highest BCUT2D eigenvalue weighted by atomic mass is 79.9. The Labute approximate surface area is 82.7 Å². The van der Waals surface area contributed by atoms with Crippen LogP contribution in [0.1, 0.15) is 0 Å². The van der Waals surface area contributed by atoms with Crippen molar-refractivity contribution in [3.63, 3.8) is 0 Å². The Morgan fingerprint density at radius 3 is 2.10 bits per heavy atom. The number of allylic oxidation sites excluding steroid dienone is 1. The summed E-state index contributed by atoms with van der Waals surface area (Å²) >= 11 is 9.25. The summed E-state index contributed by atoms with van der Waals surface area (Å²) in [4.78, 5) is 12.3. The summed E-state index contributed by atoms with van der Waals surface area (Å²) in [7, 11) is 0. The quantitative estimate of drug-likeness (QED) is 0.638. The van der Waals surface area contributed by atoms with Crippen LogP contribution >= 0.6 is 47.8 Å². The van der Waals surface area contributed by atoms with Crippen molar-refractivity contribution in [3.05, 3.63) is 19.7 Å². The van der Waals surface area contributed by atoms with Crippen LogP contribution in [-0.2, 0) is 9.53 Å². The van der Waals surface area contributed by atoms with E-state index in [1.54, 1.807) is 0 Å². The molecule has 5 heteroatoms. The Morgan fingerprint density at radius 1 is 1.30 bits per heavy atom. The van der Waals surface area contributed by atoms with Crippen LogP contribution in [0.2, 0.25) is 0 Å². The normalized spacial score (nSPS) is 22.3. The number of rotatable bonds is 0. The summed E-state index contributed by atoms with van der Waals surface area (Å²) in [6.45, 7) is 0. The molecule has 0 N–H and O–H groups in total. The van der Waals surface area contributed by atoms with Crippen molar-refractivity contribution in [2.24, 2.45) is 0 Å². The Balaban J connectivity index is 3.06. The van der Waals surface area contributed by atoms with Gasteiger partial charge in [0.05, 0.1) is 4.48 Å². The van der Waals surface area contributed by atoms with Crippen LogP contribution in [0.25, 0.3) is 0 Å². The van der Waals surface area contributed by atoms with Gasteiger partial charge in [0.2, 0.25) is 0 Å². The zero-order chi connectivity index (χ0) is 7.72. The molecular formula is C5HBr3O2. The predicted octanol–water partition coefficient (Wildman–Crippen LogP) is 2.78. The van der Waals surface area contributed by atoms with Gasteiger partial charge in [-0.25, -0.2) is 4.79 Å². The molecule has 54 valence electrons. The van der Waals surface area contributed by atoms with Gasteiger partial charge in [0.1, 0.15) is 4.48 Å². The number of hydrogen-bond acceptors (Lipinski definition) is 2. The van der Waals surface area contributed by atoms with Crippen LogP contribution in [0.15, 0.2) is 19.7 Å². The maximum Gasteiger partial charge on any atom is 0.352 e. The molecule has 0 amide bonds. The van der Waals surface area contributed by atoms with E-state index in [1.807, 2.05) is 0 Å². The predicted molar refractivity (Wildman–Crippen MR) is 48.0 cm³/mol. The van der Waals surface area contributed by atoms with Crippen LogP contribution in [0.3, 0.4) is 0 Å². The molecule has 1 aliphatic rings. The highest BCUT2D eigenvalue weighted by molar-refractivity contribution is 9.14. The Bertz CT molecular complexity index is 241. The minimum Gasteiger partial charge on any atom is -0.421 e. The molecule has 1 aliphatic heterocycles. The lowest BCUT2D eigenvalue weighted by Gasteiger charge is -1.91. The number of ether oxygens (including phenoxy) is 1. The molecular weight excluding hydrogens is 332 g/mol. The monoisotopic (exact) mass is 330 g/mol. The van der Waals surface area contributed by atoms with Gasteiger partial charge in [-0.15, -0.1) is 0 Å². The van der Waals surface area contributed by atoms with E-state index in [4.69, 9.17) is 4.74 Å². The van der Waals surface area contributed by atoms with Gasteiger partial charge in [-0.1, -0.05) is 15.9 Å². The third kappa shape index (κ3) is 1.35. The van der Waals surface area contributed by atoms with Crippen molar-refractivity contribution in [3.8, 4) is 0 Å². The van der Waals surface area contributed by atoms with Gasteiger partial charge < -0.3 is 4.74 Å². The minimum atomic E-state index is -0.377. The second kappa shape index (κ2) is 3.19. The average Bonchev–Trinajstić information content (AvgIpc) is 2.17. The molecule has 0 spiro atoms. The lowest BCUT2D eigenvalue weighted by molar-refractivity contribution is -0.132. The fourth-order valence-electron chi connectivity index (χ4n) is 0.457. The number of halogens is 3. The van der Waals surface area contributed by atoms with Crippen molar-refractivity contribution in [2.45, 2.75) is 0 Å². The first kappa shape index (κ1) is 8.49. The SMILES string of the molecule is O=C1O/C(=C/Br)C(Br)=C1Br. The molecule has 0 aromatic carbocycles. The topological polar surface area (TPSA) is 26.3 Å². The van der Waals surface area contributed by atoms with Gasteiger partial charge >= 0.3 is 5.97 Å². The molecule has 0 aliphatic carbocycles. The maximum atomic E-state index is 10.7. The number of hydrogen-bond donors (Lipinski definition) is 0. The Morgan fingerprint density at radius 2 is 1.90 bits per heavy atom. The van der Waals surface area contributed by atoms with E-state index in [1.165, 1.54) is 4.99 Å². The number of carbonyl (C=O) groups is 1. The standard InChI is InChI=1S/C5HBr3O2/c6-1-2-3(7)4(8)5(9)10-2/h1H/b2-1+. The fourth-order valence-corrected chi connectivity index (χ4v) is 1.72. The van der Waals surface area contributed by atoms with E-state index < -0.39 is 0 Å². The van der Waals surface area contributed by atoms with Crippen LogP contribution < -0.4 is 0 Å². The largest absolute Gasteiger partial charge is 0.421 e. The lowest BCUT2D eigenvalue weighted by Crippen LogP contribution is -1.92. The van der Waals surface area contributed by atoms with Gasteiger partial charge in [0, 0.05) is 4.99 Å². The van der Waals surface area contributed by atoms with E-state index in [0.29, 0.717) is 14.7 Å². The maximum absolute atomic E-state index is 10.7. The molecule has 1 rings (SSSR count). The van der Waals surface area contributed by atoms with E-state index in [-0.39, 0.29) is 5.97 Å². The first-order valence-electron chi connectivity index (χ1n) is 2.25. The third-order valence-electron chi connectivity index (χ3n) is 0.890. The summed E-state index contributed by atoms with van der Waals surface area (Å²) < 4.78 is 5.79. The summed E-state index contributed by atoms with van der Waals surface area (Å²) in [5.74, 6) is 0.106. The molecule has 0 fully saturated rings. The highest BCUT2D eigenvalue weighted by Gasteiger charge is 2.25. The third-order valence-corrected chi connectivity index (χ3v) is 3.35. The first-order valence-corrected chi connectivity index (χ1v) is 4.75. The molecule has 0 radical (unpaired) electrons. The molecule has 0 unspecified atom stereocenters. The molecule has 2 nitrogen and oxygen atoms in total. The van der Waals surface area contributed by atoms with Crippen LogP contribution in [0, 0.1) is 0 Å². The summed E-state index contributed by atoms with van der Waals surface area (Å²) in [5, 5.41) is 0. The smallest absolute Gasteiger partial charge is 0.352 e. The zero-order valence-electron chi connectivity index (χ0n) is 4.53. The van der Waals surface area contributed by atoms with E-state index in [0.717, 1.165) is 0 Å². The Hall–Kier alpha value is 0.390. The second-order valence-corrected chi connectivity index (χ2v) is 3.53. The van der Waals surface area contributed by atoms with Gasteiger partial charge in [-0.05, 0) is 31.9 Å². The molecule has 0 saturated carbocycles. The van der Waals surface area contributed by atoms with Crippen molar-refractivity contribution in [1.82, 2.24) is 0 Å². The lowest BCUT2D eigenvalue weighted by atomic mass is 10.5. The van der Waals surface area contributed by atoms with Gasteiger partial charge in [-0.2, -0.15) is 0 Å². The molecule has 0 atom stereocenters. The van der Waals surface area contributed by atoms with E-state index >= 15 is 0 Å². The molecule has 0 aromatic rings. The van der Waals surface area contributed by atoms with E-state index in [9.17, 15) is 4.79 Å². The van der Waals surface area contributed by atoms with Crippen molar-refractivity contribution in [2.75, 3.05) is 0 Å². The summed E-state index contributed by atoms with van der Waals surface area (Å²) in [6.07, 6.45) is 0. The van der Waals surface area contributed by atoms with Crippen molar-refractivity contribution in [1.29, 1.82) is 0 Å². The van der Waals surface area contributed by atoms with Crippen molar-refractivity contribution >= 4 is 53.8 Å².